The van der Waals surface area contributed by atoms with E-state index >= 15 is 0 Å². The molecule has 20 heavy (non-hydrogen) atoms. The lowest BCUT2D eigenvalue weighted by atomic mass is 10.1. The molecule has 0 fully saturated rings. The summed E-state index contributed by atoms with van der Waals surface area (Å²) < 4.78 is 0. The third-order valence-electron chi connectivity index (χ3n) is 2.63. The van der Waals surface area contributed by atoms with E-state index in [9.17, 15) is 4.79 Å². The molecule has 0 bridgehead atoms. The second kappa shape index (κ2) is 5.18. The Morgan fingerprint density at radius 3 is 2.60 bits per heavy atom. The van der Waals surface area contributed by atoms with Gasteiger partial charge >= 0.3 is 0 Å². The zero-order chi connectivity index (χ0) is 13.9. The Balaban J connectivity index is 1.99. The standard InChI is InChI=1S/C13H8ClN5O/c14-11-12(18-7-6-17-11)19-13(20)8-2-1-3-9-10(8)16-5-4-15-9/h1-7H,(H,18,19,20). The van der Waals surface area contributed by atoms with Crippen LogP contribution in [-0.4, -0.2) is 25.8 Å². The number of rotatable bonds is 2. The number of carbonyl (C=O) groups is 1. The van der Waals surface area contributed by atoms with Crippen LogP contribution in [0.1, 0.15) is 10.4 Å². The van der Waals surface area contributed by atoms with Crippen LogP contribution in [0.25, 0.3) is 11.0 Å². The van der Waals surface area contributed by atoms with Gasteiger partial charge in [-0.25, -0.2) is 9.97 Å². The predicted molar refractivity (Wildman–Crippen MR) is 74.5 cm³/mol. The lowest BCUT2D eigenvalue weighted by molar-refractivity contribution is 0.102. The van der Waals surface area contributed by atoms with Crippen molar-refractivity contribution in [2.45, 2.75) is 0 Å². The minimum Gasteiger partial charge on any atom is -0.304 e. The molecule has 0 radical (unpaired) electrons. The first kappa shape index (κ1) is 12.4. The van der Waals surface area contributed by atoms with Crippen molar-refractivity contribution in [3.8, 4) is 0 Å². The highest BCUT2D eigenvalue weighted by molar-refractivity contribution is 6.32. The van der Waals surface area contributed by atoms with Gasteiger partial charge in [-0.05, 0) is 12.1 Å². The van der Waals surface area contributed by atoms with Gasteiger partial charge in [0.15, 0.2) is 11.0 Å². The van der Waals surface area contributed by atoms with Crippen molar-refractivity contribution >= 4 is 34.4 Å². The molecule has 2 heterocycles. The molecule has 1 aromatic carbocycles. The summed E-state index contributed by atoms with van der Waals surface area (Å²) in [6.07, 6.45) is 6.00. The van der Waals surface area contributed by atoms with Gasteiger partial charge in [0.25, 0.3) is 5.91 Å². The van der Waals surface area contributed by atoms with E-state index in [4.69, 9.17) is 11.6 Å². The number of carbonyl (C=O) groups excluding carboxylic acids is 1. The molecule has 0 aliphatic heterocycles. The van der Waals surface area contributed by atoms with Crippen LogP contribution in [-0.2, 0) is 0 Å². The summed E-state index contributed by atoms with van der Waals surface area (Å²) in [6, 6.07) is 5.19. The van der Waals surface area contributed by atoms with E-state index in [1.54, 1.807) is 24.4 Å². The van der Waals surface area contributed by atoms with Crippen LogP contribution in [0.3, 0.4) is 0 Å². The van der Waals surface area contributed by atoms with Crippen molar-refractivity contribution in [1.82, 2.24) is 19.9 Å². The number of aromatic nitrogens is 4. The summed E-state index contributed by atoms with van der Waals surface area (Å²) in [7, 11) is 0. The summed E-state index contributed by atoms with van der Waals surface area (Å²) in [6.45, 7) is 0. The molecule has 0 saturated heterocycles. The van der Waals surface area contributed by atoms with Crippen molar-refractivity contribution < 1.29 is 4.79 Å². The highest BCUT2D eigenvalue weighted by Gasteiger charge is 2.13. The zero-order valence-corrected chi connectivity index (χ0v) is 10.9. The van der Waals surface area contributed by atoms with Gasteiger partial charge < -0.3 is 5.32 Å². The van der Waals surface area contributed by atoms with E-state index in [0.29, 0.717) is 16.6 Å². The molecule has 3 rings (SSSR count). The van der Waals surface area contributed by atoms with Gasteiger partial charge in [-0.2, -0.15) is 0 Å². The van der Waals surface area contributed by atoms with E-state index < -0.39 is 0 Å². The summed E-state index contributed by atoms with van der Waals surface area (Å²) in [5.74, 6) is -0.154. The number of amides is 1. The Labute approximate surface area is 118 Å². The predicted octanol–water partition coefficient (Wildman–Crippen LogP) is 2.33. The van der Waals surface area contributed by atoms with Crippen LogP contribution in [0, 0.1) is 0 Å². The molecule has 0 spiro atoms. The fraction of sp³-hybridized carbons (Fsp3) is 0. The molecule has 1 N–H and O–H groups in total. The van der Waals surface area contributed by atoms with Crippen LogP contribution >= 0.6 is 11.6 Å². The molecular weight excluding hydrogens is 278 g/mol. The third kappa shape index (κ3) is 2.28. The number of para-hydroxylation sites is 1. The van der Waals surface area contributed by atoms with E-state index in [2.05, 4.69) is 25.3 Å². The lowest BCUT2D eigenvalue weighted by Crippen LogP contribution is -2.14. The third-order valence-corrected chi connectivity index (χ3v) is 2.91. The molecule has 0 aliphatic rings. The first-order chi connectivity index (χ1) is 9.75. The van der Waals surface area contributed by atoms with Crippen molar-refractivity contribution in [2.75, 3.05) is 5.32 Å². The van der Waals surface area contributed by atoms with Crippen LogP contribution in [0.4, 0.5) is 5.82 Å². The first-order valence-electron chi connectivity index (χ1n) is 5.73. The minimum atomic E-state index is -0.362. The van der Waals surface area contributed by atoms with Crippen molar-refractivity contribution in [1.29, 1.82) is 0 Å². The highest BCUT2D eigenvalue weighted by atomic mass is 35.5. The number of nitrogens with one attached hydrogen (secondary N) is 1. The molecule has 0 atom stereocenters. The summed E-state index contributed by atoms with van der Waals surface area (Å²) in [5, 5.41) is 2.74. The summed E-state index contributed by atoms with van der Waals surface area (Å²) >= 11 is 5.86. The Morgan fingerprint density at radius 2 is 1.75 bits per heavy atom. The quantitative estimate of drug-likeness (QED) is 0.781. The Morgan fingerprint density at radius 1 is 1.00 bits per heavy atom. The Hall–Kier alpha value is -2.60. The fourth-order valence-corrected chi connectivity index (χ4v) is 1.91. The normalized spacial score (nSPS) is 10.4. The minimum absolute atomic E-state index is 0.132. The number of hydrogen-bond donors (Lipinski definition) is 1. The van der Waals surface area contributed by atoms with Crippen LogP contribution < -0.4 is 5.32 Å². The number of benzene rings is 1. The maximum atomic E-state index is 12.3. The van der Waals surface area contributed by atoms with Crippen molar-refractivity contribution in [3.05, 3.63) is 53.7 Å². The van der Waals surface area contributed by atoms with Gasteiger partial charge in [0.05, 0.1) is 11.1 Å². The van der Waals surface area contributed by atoms with Gasteiger partial charge in [0.1, 0.15) is 5.52 Å². The van der Waals surface area contributed by atoms with Crippen molar-refractivity contribution in [3.63, 3.8) is 0 Å². The van der Waals surface area contributed by atoms with Gasteiger partial charge in [-0.15, -0.1) is 0 Å². The zero-order valence-electron chi connectivity index (χ0n) is 10.1. The SMILES string of the molecule is O=C(Nc1nccnc1Cl)c1cccc2nccnc12. The number of anilines is 1. The van der Waals surface area contributed by atoms with E-state index in [1.165, 1.54) is 18.6 Å². The second-order valence-electron chi connectivity index (χ2n) is 3.88. The first-order valence-corrected chi connectivity index (χ1v) is 6.11. The van der Waals surface area contributed by atoms with E-state index in [-0.39, 0.29) is 16.9 Å². The molecule has 2 aromatic heterocycles. The van der Waals surface area contributed by atoms with Crippen molar-refractivity contribution in [2.24, 2.45) is 0 Å². The molecule has 98 valence electrons. The maximum Gasteiger partial charge on any atom is 0.259 e. The maximum absolute atomic E-state index is 12.3. The molecule has 1 amide bonds. The smallest absolute Gasteiger partial charge is 0.259 e. The molecule has 0 unspecified atom stereocenters. The Bertz CT molecular complexity index is 787. The lowest BCUT2D eigenvalue weighted by Gasteiger charge is -2.06. The molecular formula is C13H8ClN5O. The van der Waals surface area contributed by atoms with Gasteiger partial charge in [0, 0.05) is 24.8 Å². The molecule has 7 heteroatoms. The molecule has 0 saturated carbocycles. The number of nitrogens with zero attached hydrogens (tertiary/aromatic N) is 4. The van der Waals surface area contributed by atoms with Gasteiger partial charge in [-0.3, -0.25) is 14.8 Å². The largest absolute Gasteiger partial charge is 0.304 e. The van der Waals surface area contributed by atoms with Gasteiger partial charge in [-0.1, -0.05) is 17.7 Å². The monoisotopic (exact) mass is 285 g/mol. The summed E-state index contributed by atoms with van der Waals surface area (Å²) in [5.41, 5.74) is 1.57. The summed E-state index contributed by atoms with van der Waals surface area (Å²) in [4.78, 5) is 28.4. The molecule has 6 nitrogen and oxygen atoms in total. The highest BCUT2D eigenvalue weighted by Crippen LogP contribution is 2.18. The fourth-order valence-electron chi connectivity index (χ4n) is 1.76. The van der Waals surface area contributed by atoms with E-state index in [1.807, 2.05) is 0 Å². The topological polar surface area (TPSA) is 80.7 Å². The average molecular weight is 286 g/mol. The number of fused-ring (bicyclic) bond motifs is 1. The number of halogens is 1. The molecule has 3 aromatic rings. The van der Waals surface area contributed by atoms with E-state index in [0.717, 1.165) is 0 Å². The average Bonchev–Trinajstić information content (AvgIpc) is 2.49. The van der Waals surface area contributed by atoms with Crippen LogP contribution in [0.5, 0.6) is 0 Å². The number of hydrogen-bond acceptors (Lipinski definition) is 5. The van der Waals surface area contributed by atoms with Crippen LogP contribution in [0.15, 0.2) is 43.0 Å². The van der Waals surface area contributed by atoms with Crippen LogP contribution in [0.2, 0.25) is 5.15 Å². The Kier molecular flexibility index (Phi) is 3.22. The molecule has 0 aliphatic carbocycles. The second-order valence-corrected chi connectivity index (χ2v) is 4.24. The van der Waals surface area contributed by atoms with Gasteiger partial charge in [0.2, 0.25) is 0 Å².